The lowest BCUT2D eigenvalue weighted by Gasteiger charge is -2.52. The first-order chi connectivity index (χ1) is 19.1. The molecule has 3 heterocycles. The SMILES string of the molecule is CC1c2ccccc2ON2C1CC(OC(=O)CCCCCC(=O)OC1CC(C)(C)N([OH2+])C(C)(C(C)C)C1)CC2(C)C. The third-order valence-electron chi connectivity index (χ3n) is 9.90. The standard InChI is InChI=1S/C33H52N2O6/c1-22(2)33(8)21-25(20-32(6,7)35(33)38)40-30(37)17-11-9-10-16-29(36)39-24-18-27-23(3)26-14-12-13-15-28(26)41-34(27)31(4,5)19-24/h12-15,22-25,27,38H,9-11,16-21H2,1-8H3/p+1. The Morgan fingerprint density at radius 1 is 0.927 bits per heavy atom. The van der Waals surface area contributed by atoms with Gasteiger partial charge in [-0.1, -0.05) is 50.5 Å². The van der Waals surface area contributed by atoms with Crippen LogP contribution < -0.4 is 4.84 Å². The number of hydroxylamine groups is 4. The Labute approximate surface area is 246 Å². The Morgan fingerprint density at radius 3 is 2.15 bits per heavy atom. The van der Waals surface area contributed by atoms with Crippen molar-refractivity contribution in [3.8, 4) is 5.75 Å². The van der Waals surface area contributed by atoms with E-state index in [0.29, 0.717) is 38.5 Å². The van der Waals surface area contributed by atoms with E-state index in [1.54, 1.807) is 5.06 Å². The maximum Gasteiger partial charge on any atom is 0.306 e. The van der Waals surface area contributed by atoms with E-state index < -0.39 is 0 Å². The van der Waals surface area contributed by atoms with E-state index in [-0.39, 0.29) is 58.6 Å². The summed E-state index contributed by atoms with van der Waals surface area (Å²) in [6, 6.07) is 8.34. The highest BCUT2D eigenvalue weighted by Crippen LogP contribution is 2.46. The van der Waals surface area contributed by atoms with Crippen LogP contribution in [0.2, 0.25) is 0 Å². The van der Waals surface area contributed by atoms with Crippen LogP contribution in [0.4, 0.5) is 0 Å². The molecular formula is C33H53N2O6+. The zero-order valence-electron chi connectivity index (χ0n) is 26.5. The first-order valence-electron chi connectivity index (χ1n) is 15.6. The van der Waals surface area contributed by atoms with Crippen LogP contribution in [0.3, 0.4) is 0 Å². The van der Waals surface area contributed by atoms with Crippen molar-refractivity contribution in [3.05, 3.63) is 29.8 Å². The molecule has 230 valence electrons. The van der Waals surface area contributed by atoms with Crippen LogP contribution in [0.15, 0.2) is 24.3 Å². The van der Waals surface area contributed by atoms with Crippen molar-refractivity contribution in [1.82, 2.24) is 10.1 Å². The van der Waals surface area contributed by atoms with Crippen LogP contribution >= 0.6 is 0 Å². The molecule has 0 aliphatic carbocycles. The molecule has 8 heteroatoms. The average Bonchev–Trinajstić information content (AvgIpc) is 2.87. The molecule has 0 spiro atoms. The molecule has 2 saturated heterocycles. The van der Waals surface area contributed by atoms with Gasteiger partial charge in [0.25, 0.3) is 0 Å². The van der Waals surface area contributed by atoms with E-state index >= 15 is 0 Å². The molecule has 5 unspecified atom stereocenters. The average molecular weight is 574 g/mol. The maximum absolute atomic E-state index is 12.7. The summed E-state index contributed by atoms with van der Waals surface area (Å²) >= 11 is 0. The predicted octanol–water partition coefficient (Wildman–Crippen LogP) is 6.04. The molecule has 41 heavy (non-hydrogen) atoms. The van der Waals surface area contributed by atoms with Gasteiger partial charge < -0.3 is 19.5 Å². The summed E-state index contributed by atoms with van der Waals surface area (Å²) in [5.74, 6) is 1.13. The Morgan fingerprint density at radius 2 is 1.51 bits per heavy atom. The number of rotatable bonds is 9. The molecule has 3 aliphatic rings. The molecular weight excluding hydrogens is 520 g/mol. The Kier molecular flexibility index (Phi) is 9.46. The van der Waals surface area contributed by atoms with Gasteiger partial charge >= 0.3 is 11.9 Å². The third-order valence-corrected chi connectivity index (χ3v) is 9.90. The smallest absolute Gasteiger partial charge is 0.306 e. The summed E-state index contributed by atoms with van der Waals surface area (Å²) in [6.07, 6.45) is 5.36. The van der Waals surface area contributed by atoms with E-state index in [2.05, 4.69) is 52.7 Å². The number of hydrogen-bond acceptors (Lipinski definition) is 7. The molecule has 2 N–H and O–H groups in total. The summed E-state index contributed by atoms with van der Waals surface area (Å²) in [5.41, 5.74) is 0.246. The second-order valence-electron chi connectivity index (χ2n) is 14.4. The fourth-order valence-electron chi connectivity index (χ4n) is 7.23. The normalized spacial score (nSPS) is 31.1. The van der Waals surface area contributed by atoms with Crippen LogP contribution in [0.1, 0.15) is 125 Å². The number of piperidine rings is 2. The summed E-state index contributed by atoms with van der Waals surface area (Å²) in [5, 5.41) is 12.5. The molecule has 2 fully saturated rings. The van der Waals surface area contributed by atoms with E-state index in [1.165, 1.54) is 5.56 Å². The van der Waals surface area contributed by atoms with E-state index in [4.69, 9.17) is 19.5 Å². The lowest BCUT2D eigenvalue weighted by molar-refractivity contribution is -0.275. The Hall–Kier alpha value is -2.16. The van der Waals surface area contributed by atoms with E-state index in [0.717, 1.165) is 25.0 Å². The molecule has 0 radical (unpaired) electrons. The second-order valence-corrected chi connectivity index (χ2v) is 14.4. The molecule has 8 nitrogen and oxygen atoms in total. The van der Waals surface area contributed by atoms with Crippen molar-refractivity contribution in [2.24, 2.45) is 5.92 Å². The highest BCUT2D eigenvalue weighted by Gasteiger charge is 2.53. The zero-order chi connectivity index (χ0) is 30.2. The number of para-hydroxylation sites is 1. The highest BCUT2D eigenvalue weighted by molar-refractivity contribution is 5.70. The molecule has 0 bridgehead atoms. The topological polar surface area (TPSA) is 91.2 Å². The summed E-state index contributed by atoms with van der Waals surface area (Å²) in [6.45, 7) is 17.0. The van der Waals surface area contributed by atoms with E-state index in [9.17, 15) is 9.59 Å². The first-order valence-corrected chi connectivity index (χ1v) is 15.6. The molecule has 4 rings (SSSR count). The van der Waals surface area contributed by atoms with Crippen molar-refractivity contribution < 1.29 is 29.1 Å². The number of nitrogens with zero attached hydrogens (tertiary/aromatic N) is 2. The van der Waals surface area contributed by atoms with Crippen molar-refractivity contribution in [2.45, 2.75) is 154 Å². The van der Waals surface area contributed by atoms with Gasteiger partial charge in [0.1, 0.15) is 12.2 Å². The number of carbonyl (C=O) groups is 2. The van der Waals surface area contributed by atoms with Crippen LogP contribution in [-0.4, -0.2) is 62.1 Å². The quantitative estimate of drug-likeness (QED) is 0.202. The third kappa shape index (κ3) is 6.91. The minimum atomic E-state index is -0.360. The lowest BCUT2D eigenvalue weighted by Crippen LogP contribution is -2.64. The molecule has 3 aliphatic heterocycles. The van der Waals surface area contributed by atoms with Crippen LogP contribution in [0.5, 0.6) is 5.75 Å². The maximum atomic E-state index is 12.7. The van der Waals surface area contributed by atoms with Crippen molar-refractivity contribution in [3.63, 3.8) is 0 Å². The van der Waals surface area contributed by atoms with Crippen LogP contribution in [0.25, 0.3) is 0 Å². The van der Waals surface area contributed by atoms with Crippen molar-refractivity contribution in [2.75, 3.05) is 0 Å². The van der Waals surface area contributed by atoms with E-state index in [1.807, 2.05) is 32.0 Å². The van der Waals surface area contributed by atoms with Gasteiger partial charge in [0.2, 0.25) is 0 Å². The predicted molar refractivity (Wildman–Crippen MR) is 159 cm³/mol. The highest BCUT2D eigenvalue weighted by atomic mass is 16.7. The summed E-state index contributed by atoms with van der Waals surface area (Å²) < 4.78 is 11.9. The number of hydrogen-bond donors (Lipinski definition) is 0. The van der Waals surface area contributed by atoms with Gasteiger partial charge in [0.05, 0.1) is 22.7 Å². The summed E-state index contributed by atoms with van der Waals surface area (Å²) in [7, 11) is 0. The van der Waals surface area contributed by atoms with Gasteiger partial charge in [-0.2, -0.15) is 0 Å². The number of benzene rings is 1. The van der Waals surface area contributed by atoms with Gasteiger partial charge in [-0.15, -0.1) is 5.06 Å². The van der Waals surface area contributed by atoms with Gasteiger partial charge in [-0.25, -0.2) is 0 Å². The molecule has 1 aromatic carbocycles. The molecule has 0 saturated carbocycles. The van der Waals surface area contributed by atoms with Gasteiger partial charge in [0.15, 0.2) is 5.75 Å². The largest absolute Gasteiger partial charge is 0.462 e. The minimum Gasteiger partial charge on any atom is -0.462 e. The minimum absolute atomic E-state index is 0.138. The van der Waals surface area contributed by atoms with Crippen molar-refractivity contribution in [1.29, 1.82) is 0 Å². The Balaban J connectivity index is 1.18. The van der Waals surface area contributed by atoms with Crippen LogP contribution in [-0.2, 0) is 19.1 Å². The first kappa shape index (κ1) is 31.8. The van der Waals surface area contributed by atoms with Crippen molar-refractivity contribution >= 4 is 11.9 Å². The van der Waals surface area contributed by atoms with Crippen LogP contribution in [0, 0.1) is 5.92 Å². The summed E-state index contributed by atoms with van der Waals surface area (Å²) in [4.78, 5) is 31.7. The van der Waals surface area contributed by atoms with Gasteiger partial charge in [0, 0.05) is 50.0 Å². The fourth-order valence-corrected chi connectivity index (χ4v) is 7.23. The monoisotopic (exact) mass is 573 g/mol. The lowest BCUT2D eigenvalue weighted by atomic mass is 9.73. The Bertz CT molecular complexity index is 1090. The molecule has 0 amide bonds. The molecule has 0 aromatic heterocycles. The number of esters is 2. The number of fused-ring (bicyclic) bond motifs is 2. The fraction of sp³-hybridized carbons (Fsp3) is 0.758. The number of ether oxygens (including phenoxy) is 2. The second kappa shape index (κ2) is 12.2. The number of carbonyl (C=O) groups excluding carboxylic acids is 2. The van der Waals surface area contributed by atoms with Gasteiger partial charge in [-0.3, -0.25) is 9.59 Å². The zero-order valence-corrected chi connectivity index (χ0v) is 26.5. The number of unbranched alkanes of at least 4 members (excludes halogenated alkanes) is 2. The van der Waals surface area contributed by atoms with Gasteiger partial charge in [-0.05, 0) is 59.4 Å². The molecule has 1 aromatic rings. The molecule has 5 atom stereocenters.